The number of aryl methyl sites for hydroxylation is 2. The van der Waals surface area contributed by atoms with Gasteiger partial charge in [0.05, 0.1) is 0 Å². The summed E-state index contributed by atoms with van der Waals surface area (Å²) in [6, 6.07) is 33.6. The molecule has 0 saturated carbocycles. The fourth-order valence-electron chi connectivity index (χ4n) is 2.78. The van der Waals surface area contributed by atoms with Crippen LogP contribution in [0.4, 0.5) is 0 Å². The van der Waals surface area contributed by atoms with Gasteiger partial charge in [-0.3, -0.25) is 8.42 Å². The molecule has 0 N–H and O–H groups in total. The molecular formula is C26H28N2O4S3. The SMILES string of the molecule is C[n+]1ccccc1SCc1ccccc1.C[n+]1ccccc1SCc1ccccc1.O=S(=O)([O-])[O-]. The molecule has 2 aromatic heterocycles. The van der Waals surface area contributed by atoms with E-state index >= 15 is 0 Å². The van der Waals surface area contributed by atoms with Gasteiger partial charge in [-0.25, -0.2) is 0 Å². The Kier molecular flexibility index (Phi) is 12.5. The summed E-state index contributed by atoms with van der Waals surface area (Å²) < 4.78 is 38.4. The van der Waals surface area contributed by atoms with Crippen LogP contribution in [0.1, 0.15) is 11.1 Å². The first kappa shape index (κ1) is 28.5. The molecule has 0 unspecified atom stereocenters. The highest BCUT2D eigenvalue weighted by Crippen LogP contribution is 2.19. The van der Waals surface area contributed by atoms with Crippen molar-refractivity contribution >= 4 is 33.9 Å². The topological polar surface area (TPSA) is 88.0 Å². The predicted octanol–water partition coefficient (Wildman–Crippen LogP) is 4.27. The second-order valence-corrected chi connectivity index (χ2v) is 10.1. The third kappa shape index (κ3) is 13.1. The molecule has 0 atom stereocenters. The average molecular weight is 529 g/mol. The Balaban J connectivity index is 0.000000208. The molecular weight excluding hydrogens is 500 g/mol. The lowest BCUT2D eigenvalue weighted by Crippen LogP contribution is -2.29. The molecule has 0 aliphatic heterocycles. The smallest absolute Gasteiger partial charge is 0.240 e. The van der Waals surface area contributed by atoms with Crippen LogP contribution in [-0.4, -0.2) is 17.5 Å². The van der Waals surface area contributed by atoms with E-state index in [1.54, 1.807) is 0 Å². The summed E-state index contributed by atoms with van der Waals surface area (Å²) >= 11 is 3.73. The number of hydrogen-bond donors (Lipinski definition) is 0. The number of rotatable bonds is 6. The molecule has 9 heteroatoms. The van der Waals surface area contributed by atoms with Gasteiger partial charge in [0.2, 0.25) is 10.1 Å². The van der Waals surface area contributed by atoms with E-state index in [0.29, 0.717) is 0 Å². The minimum Gasteiger partial charge on any atom is -0.759 e. The van der Waals surface area contributed by atoms with Crippen LogP contribution in [0.15, 0.2) is 120 Å². The second kappa shape index (κ2) is 15.3. The van der Waals surface area contributed by atoms with Crippen LogP contribution in [0.5, 0.6) is 0 Å². The fraction of sp³-hybridized carbons (Fsp3) is 0.154. The molecule has 0 aliphatic carbocycles. The summed E-state index contributed by atoms with van der Waals surface area (Å²) in [6.45, 7) is 0. The normalized spacial score (nSPS) is 10.4. The molecule has 0 radical (unpaired) electrons. The number of nitrogens with zero attached hydrogens (tertiary/aromatic N) is 2. The molecule has 0 amide bonds. The minimum atomic E-state index is -5.17. The van der Waals surface area contributed by atoms with Crippen LogP contribution in [0.3, 0.4) is 0 Å². The Morgan fingerprint density at radius 3 is 1.23 bits per heavy atom. The van der Waals surface area contributed by atoms with Crippen LogP contribution in [0.25, 0.3) is 0 Å². The number of benzene rings is 2. The van der Waals surface area contributed by atoms with Crippen molar-refractivity contribution in [1.29, 1.82) is 0 Å². The van der Waals surface area contributed by atoms with Crippen LogP contribution < -0.4 is 9.13 Å². The van der Waals surface area contributed by atoms with E-state index in [-0.39, 0.29) is 0 Å². The molecule has 0 saturated heterocycles. The van der Waals surface area contributed by atoms with Gasteiger partial charge in [-0.2, -0.15) is 9.13 Å². The van der Waals surface area contributed by atoms with E-state index in [2.05, 4.69) is 121 Å². The molecule has 4 rings (SSSR count). The highest BCUT2D eigenvalue weighted by atomic mass is 32.3. The van der Waals surface area contributed by atoms with Crippen molar-refractivity contribution in [3.63, 3.8) is 0 Å². The minimum absolute atomic E-state index is 1.03. The summed E-state index contributed by atoms with van der Waals surface area (Å²) in [6.07, 6.45) is 4.15. The Labute approximate surface area is 216 Å². The largest absolute Gasteiger partial charge is 0.759 e. The number of hydrogen-bond acceptors (Lipinski definition) is 6. The standard InChI is InChI=1S/2C13H14NS.H2O4S/c2*1-14-10-6-5-9-13(14)15-11-12-7-3-2-4-8-12;1-5(2,3)4/h2*2-10H,11H2,1H3;(H2,1,2,3,4)/q2*+1;/p-2. The molecule has 35 heavy (non-hydrogen) atoms. The molecule has 4 aromatic rings. The summed E-state index contributed by atoms with van der Waals surface area (Å²) in [5.74, 6) is 2.05. The number of pyridine rings is 2. The van der Waals surface area contributed by atoms with Crippen molar-refractivity contribution in [3.05, 3.63) is 121 Å². The first-order valence-corrected chi connectivity index (χ1v) is 13.9. The molecule has 0 bridgehead atoms. The van der Waals surface area contributed by atoms with Gasteiger partial charge in [0.15, 0.2) is 12.4 Å². The van der Waals surface area contributed by atoms with Crippen molar-refractivity contribution < 1.29 is 26.7 Å². The molecule has 0 fully saturated rings. The van der Waals surface area contributed by atoms with Crippen LogP contribution in [0, 0.1) is 0 Å². The van der Waals surface area contributed by atoms with E-state index in [1.807, 2.05) is 35.7 Å². The third-order valence-electron chi connectivity index (χ3n) is 4.47. The van der Waals surface area contributed by atoms with E-state index in [9.17, 15) is 0 Å². The summed E-state index contributed by atoms with van der Waals surface area (Å²) in [5.41, 5.74) is 2.73. The molecule has 2 heterocycles. The second-order valence-electron chi connectivity index (χ2n) is 7.26. The Bertz CT molecular complexity index is 1160. The summed E-state index contributed by atoms with van der Waals surface area (Å²) in [7, 11) is -1.01. The lowest BCUT2D eigenvalue weighted by atomic mass is 10.2. The molecule has 0 aliphatic rings. The lowest BCUT2D eigenvalue weighted by molar-refractivity contribution is -0.708. The predicted molar refractivity (Wildman–Crippen MR) is 138 cm³/mol. The van der Waals surface area contributed by atoms with Gasteiger partial charge in [-0.05, 0) is 23.3 Å². The van der Waals surface area contributed by atoms with Gasteiger partial charge in [-0.1, -0.05) is 84.2 Å². The van der Waals surface area contributed by atoms with Gasteiger partial charge >= 0.3 is 0 Å². The fourth-order valence-corrected chi connectivity index (χ4v) is 4.67. The highest BCUT2D eigenvalue weighted by Gasteiger charge is 2.05. The number of aromatic nitrogens is 2. The zero-order chi connectivity index (χ0) is 25.5. The average Bonchev–Trinajstić information content (AvgIpc) is 2.84. The number of thioether (sulfide) groups is 2. The van der Waals surface area contributed by atoms with Gasteiger partial charge in [0.1, 0.15) is 14.1 Å². The van der Waals surface area contributed by atoms with E-state index in [0.717, 1.165) is 11.5 Å². The van der Waals surface area contributed by atoms with Crippen LogP contribution in [-0.2, 0) is 36.0 Å². The van der Waals surface area contributed by atoms with Crippen molar-refractivity contribution in [2.45, 2.75) is 21.6 Å². The van der Waals surface area contributed by atoms with Crippen molar-refractivity contribution in [2.75, 3.05) is 0 Å². The van der Waals surface area contributed by atoms with Gasteiger partial charge < -0.3 is 9.11 Å². The Hall–Kier alpha value is -2.69. The first-order chi connectivity index (χ1) is 16.7. The first-order valence-electron chi connectivity index (χ1n) is 10.6. The van der Waals surface area contributed by atoms with Crippen molar-refractivity contribution in [1.82, 2.24) is 0 Å². The maximum Gasteiger partial charge on any atom is 0.240 e. The monoisotopic (exact) mass is 528 g/mol. The van der Waals surface area contributed by atoms with E-state index in [1.165, 1.54) is 21.2 Å². The Morgan fingerprint density at radius 1 is 0.600 bits per heavy atom. The third-order valence-corrected chi connectivity index (χ3v) is 6.87. The lowest BCUT2D eigenvalue weighted by Gasteiger charge is -2.06. The van der Waals surface area contributed by atoms with Crippen LogP contribution >= 0.6 is 23.5 Å². The van der Waals surface area contributed by atoms with E-state index in [4.69, 9.17) is 17.5 Å². The van der Waals surface area contributed by atoms with Gasteiger partial charge in [0, 0.05) is 46.2 Å². The quantitative estimate of drug-likeness (QED) is 0.161. The van der Waals surface area contributed by atoms with Crippen LogP contribution in [0.2, 0.25) is 0 Å². The molecule has 184 valence electrons. The maximum absolute atomic E-state index is 8.52. The van der Waals surface area contributed by atoms with Crippen molar-refractivity contribution in [2.24, 2.45) is 14.1 Å². The molecule has 0 spiro atoms. The maximum atomic E-state index is 8.52. The van der Waals surface area contributed by atoms with Gasteiger partial charge in [0.25, 0.3) is 0 Å². The Morgan fingerprint density at radius 2 is 0.914 bits per heavy atom. The van der Waals surface area contributed by atoms with E-state index < -0.39 is 10.4 Å². The zero-order valence-corrected chi connectivity index (χ0v) is 22.0. The highest BCUT2D eigenvalue weighted by molar-refractivity contribution is 7.98. The summed E-state index contributed by atoms with van der Waals surface area (Å²) in [4.78, 5) is 0. The molecule has 6 nitrogen and oxygen atoms in total. The van der Waals surface area contributed by atoms with Gasteiger partial charge in [-0.15, -0.1) is 0 Å². The molecule has 2 aromatic carbocycles. The zero-order valence-electron chi connectivity index (χ0n) is 19.6. The van der Waals surface area contributed by atoms with Crippen molar-refractivity contribution in [3.8, 4) is 0 Å². The summed E-state index contributed by atoms with van der Waals surface area (Å²) in [5, 5.41) is 2.59.